The zero-order chi connectivity index (χ0) is 40.9. The largest absolute Gasteiger partial charge is 0.486 e. The molecular formula is C32H44N8O13S2. The maximum absolute atomic E-state index is 13.6. The summed E-state index contributed by atoms with van der Waals surface area (Å²) < 4.78 is 47.4. The van der Waals surface area contributed by atoms with Gasteiger partial charge in [-0.2, -0.15) is 13.5 Å². The molecule has 2 fully saturated rings. The van der Waals surface area contributed by atoms with Gasteiger partial charge >= 0.3 is 16.5 Å². The van der Waals surface area contributed by atoms with Gasteiger partial charge in [0.2, 0.25) is 0 Å². The molecule has 0 bridgehead atoms. The van der Waals surface area contributed by atoms with E-state index in [-0.39, 0.29) is 29.1 Å². The van der Waals surface area contributed by atoms with E-state index in [4.69, 9.17) is 34.5 Å². The third-order valence-electron chi connectivity index (χ3n) is 8.26. The standard InChI is InChI=1S/C31H42N8O11S2.CH2O2/c1-15(20-9-7-16-11-17(8-10-21(16)47-20)25(32)34-18-12-22(40)33-13-18)49-38-23(19-14-51-28(35-19)37-29(43)48-30(2,3)4)26(41)36-24-27(42)39(31(24,5)6)50-52(44,45)46;2-1-3/h8,10-11,14-15,18,20,22,24,33,40H,7,9,12-13H2,1-6H3,(H2,32,34)(H,36,41)(H,35,37,43)(H,44,45,46);1H,(H,2,3)/b38-23-;/t15?,18?,20?,22-,24?;/m1./s1. The normalized spacial score (nSPS) is 22.8. The van der Waals surface area contributed by atoms with E-state index in [1.807, 2.05) is 6.07 Å². The van der Waals surface area contributed by atoms with Crippen LogP contribution in [0.15, 0.2) is 33.7 Å². The molecule has 2 saturated heterocycles. The van der Waals surface area contributed by atoms with E-state index >= 15 is 0 Å². The molecule has 3 aliphatic heterocycles. The first-order chi connectivity index (χ1) is 25.6. The molecule has 8 N–H and O–H groups in total. The third-order valence-corrected chi connectivity index (χ3v) is 9.36. The first-order valence-corrected chi connectivity index (χ1v) is 19.0. The summed E-state index contributed by atoms with van der Waals surface area (Å²) in [5, 5.41) is 30.6. The van der Waals surface area contributed by atoms with Crippen LogP contribution in [0.25, 0.3) is 0 Å². The Morgan fingerprint density at radius 3 is 2.58 bits per heavy atom. The summed E-state index contributed by atoms with van der Waals surface area (Å²) in [6, 6.07) is 4.08. The summed E-state index contributed by atoms with van der Waals surface area (Å²) in [4.78, 5) is 61.7. The van der Waals surface area contributed by atoms with Crippen LogP contribution >= 0.6 is 11.3 Å². The number of β-lactam (4-membered cyclic amide) rings is 1. The number of aliphatic imine (C=N–C) groups is 1. The summed E-state index contributed by atoms with van der Waals surface area (Å²) in [6.07, 6.45) is -0.931. The van der Waals surface area contributed by atoms with Crippen LogP contribution in [0.4, 0.5) is 9.93 Å². The molecule has 302 valence electrons. The lowest BCUT2D eigenvalue weighted by molar-refractivity contribution is -0.218. The van der Waals surface area contributed by atoms with Crippen molar-refractivity contribution in [2.45, 2.75) is 102 Å². The molecule has 4 heterocycles. The van der Waals surface area contributed by atoms with Crippen LogP contribution in [0.3, 0.4) is 0 Å². The van der Waals surface area contributed by atoms with Crippen molar-refractivity contribution in [2.75, 3.05) is 11.9 Å². The Hall–Kier alpha value is -4.94. The highest BCUT2D eigenvalue weighted by molar-refractivity contribution is 7.80. The number of nitrogens with two attached hydrogens (primary N) is 1. The van der Waals surface area contributed by atoms with Crippen molar-refractivity contribution in [3.8, 4) is 5.75 Å². The molecule has 21 nitrogen and oxygen atoms in total. The second-order valence-electron chi connectivity index (χ2n) is 14.1. The number of fused-ring (bicyclic) bond motifs is 1. The average Bonchev–Trinajstić information content (AvgIpc) is 3.72. The van der Waals surface area contributed by atoms with E-state index in [0.29, 0.717) is 42.5 Å². The van der Waals surface area contributed by atoms with Gasteiger partial charge in [0.05, 0.1) is 11.6 Å². The van der Waals surface area contributed by atoms with Gasteiger partial charge in [0.25, 0.3) is 18.3 Å². The van der Waals surface area contributed by atoms with Crippen LogP contribution in [0.1, 0.15) is 71.2 Å². The Labute approximate surface area is 320 Å². The number of nitrogens with one attached hydrogen (secondary N) is 3. The smallest absolute Gasteiger partial charge is 0.418 e. The number of carboxylic acid groups (broad SMARTS) is 1. The average molecular weight is 813 g/mol. The van der Waals surface area contributed by atoms with Gasteiger partial charge in [0.1, 0.15) is 41.3 Å². The number of nitrogens with zero attached hydrogens (tertiary/aromatic N) is 4. The van der Waals surface area contributed by atoms with E-state index < -0.39 is 63.9 Å². The Balaban J connectivity index is 0.00000217. The molecule has 0 radical (unpaired) electrons. The van der Waals surface area contributed by atoms with Crippen LogP contribution in [0, 0.1) is 0 Å². The van der Waals surface area contributed by atoms with Crippen molar-refractivity contribution in [3.05, 3.63) is 40.4 Å². The molecule has 0 saturated carbocycles. The lowest BCUT2D eigenvalue weighted by Gasteiger charge is -2.50. The minimum Gasteiger partial charge on any atom is -0.486 e. The van der Waals surface area contributed by atoms with Crippen LogP contribution in [-0.2, 0) is 45.1 Å². The molecular weight excluding hydrogens is 769 g/mol. The topological polar surface area (TPSA) is 303 Å². The number of aromatic nitrogens is 1. The summed E-state index contributed by atoms with van der Waals surface area (Å²) in [5.74, 6) is -0.887. The molecule has 3 aliphatic rings. The van der Waals surface area contributed by atoms with E-state index in [0.717, 1.165) is 22.5 Å². The number of aliphatic hydroxyl groups is 1. The summed E-state index contributed by atoms with van der Waals surface area (Å²) >= 11 is 0.976. The van der Waals surface area contributed by atoms with Gasteiger partial charge in [0.15, 0.2) is 16.9 Å². The highest BCUT2D eigenvalue weighted by Crippen LogP contribution is 2.33. The number of carbonyl (C=O) groups is 4. The number of aryl methyl sites for hydroxylation is 1. The van der Waals surface area contributed by atoms with E-state index in [9.17, 15) is 27.9 Å². The van der Waals surface area contributed by atoms with Crippen molar-refractivity contribution in [3.63, 3.8) is 0 Å². The Morgan fingerprint density at radius 1 is 1.29 bits per heavy atom. The lowest BCUT2D eigenvalue weighted by atomic mass is 9.84. The molecule has 5 atom stereocenters. The SMILES string of the molecule is CC(O/N=C(\C(=O)NC1C(=O)N(OS(=O)(=O)O)C1(C)C)c1csc(NC(=O)OC(C)(C)C)n1)C1CCc2cc(C(N)=NC3CN[C@H](O)C3)ccc2O1.O=CO. The van der Waals surface area contributed by atoms with Crippen LogP contribution in [0.2, 0.25) is 0 Å². The summed E-state index contributed by atoms with van der Waals surface area (Å²) in [5.41, 5.74) is 5.35. The number of hydrogen-bond donors (Lipinski definition) is 7. The van der Waals surface area contributed by atoms with Gasteiger partial charge in [-0.05, 0) is 78.1 Å². The van der Waals surface area contributed by atoms with Crippen molar-refractivity contribution in [1.82, 2.24) is 20.7 Å². The number of anilines is 1. The van der Waals surface area contributed by atoms with Gasteiger partial charge in [-0.15, -0.1) is 15.6 Å². The minimum absolute atomic E-state index is 0.0130. The maximum Gasteiger partial charge on any atom is 0.418 e. The molecule has 0 aliphatic carbocycles. The summed E-state index contributed by atoms with van der Waals surface area (Å²) in [7, 11) is -5.02. The van der Waals surface area contributed by atoms with Gasteiger partial charge in [0, 0.05) is 23.9 Å². The number of amides is 3. The molecule has 4 unspecified atom stereocenters. The minimum atomic E-state index is -5.02. The Bertz CT molecular complexity index is 1930. The highest BCUT2D eigenvalue weighted by Gasteiger charge is 2.58. The molecule has 55 heavy (non-hydrogen) atoms. The van der Waals surface area contributed by atoms with Crippen molar-refractivity contribution in [1.29, 1.82) is 0 Å². The molecule has 5 rings (SSSR count). The van der Waals surface area contributed by atoms with Crippen molar-refractivity contribution < 1.29 is 61.0 Å². The van der Waals surface area contributed by atoms with E-state index in [1.54, 1.807) is 39.8 Å². The fourth-order valence-corrected chi connectivity index (χ4v) is 6.76. The number of thiazole rings is 1. The number of amidine groups is 1. The maximum atomic E-state index is 13.6. The van der Waals surface area contributed by atoms with Gasteiger partial charge in [-0.3, -0.25) is 34.6 Å². The zero-order valence-corrected chi connectivity index (χ0v) is 32.3. The first kappa shape index (κ1) is 42.8. The van der Waals surface area contributed by atoms with Crippen LogP contribution < -0.4 is 26.4 Å². The fraction of sp³-hybridized carbons (Fsp3) is 0.531. The zero-order valence-electron chi connectivity index (χ0n) is 30.7. The molecule has 23 heteroatoms. The van der Waals surface area contributed by atoms with Gasteiger partial charge in [-0.1, -0.05) is 5.16 Å². The fourth-order valence-electron chi connectivity index (χ4n) is 5.62. The number of benzene rings is 1. The molecule has 0 spiro atoms. The number of hydrogen-bond acceptors (Lipinski definition) is 16. The Kier molecular flexibility index (Phi) is 13.4. The number of aliphatic hydroxyl groups excluding tert-OH is 1. The number of ether oxygens (including phenoxy) is 2. The van der Waals surface area contributed by atoms with Crippen molar-refractivity contribution in [2.24, 2.45) is 15.9 Å². The lowest BCUT2D eigenvalue weighted by Crippen LogP contribution is -2.76. The number of hydroxylamine groups is 2. The third kappa shape index (κ3) is 11.3. The number of carbonyl (C=O) groups excluding carboxylic acids is 3. The molecule has 1 aromatic carbocycles. The first-order valence-electron chi connectivity index (χ1n) is 16.8. The number of oxime groups is 1. The van der Waals surface area contributed by atoms with E-state index in [2.05, 4.69) is 35.4 Å². The highest BCUT2D eigenvalue weighted by atomic mass is 32.3. The number of rotatable bonds is 11. The van der Waals surface area contributed by atoms with E-state index in [1.165, 1.54) is 19.2 Å². The van der Waals surface area contributed by atoms with Crippen LogP contribution in [-0.4, -0.2) is 117 Å². The van der Waals surface area contributed by atoms with Gasteiger partial charge in [-0.25, -0.2) is 9.78 Å². The Morgan fingerprint density at radius 2 is 1.98 bits per heavy atom. The predicted octanol–water partition coefficient (Wildman–Crippen LogP) is 0.920. The summed E-state index contributed by atoms with van der Waals surface area (Å²) in [6.45, 7) is 9.89. The van der Waals surface area contributed by atoms with Crippen molar-refractivity contribution >= 4 is 62.8 Å². The predicted molar refractivity (Wildman–Crippen MR) is 196 cm³/mol. The molecule has 1 aromatic heterocycles. The second kappa shape index (κ2) is 17.2. The van der Waals surface area contributed by atoms with Gasteiger partial charge < -0.3 is 35.6 Å². The molecule has 3 amide bonds. The molecule has 2 aromatic rings. The van der Waals surface area contributed by atoms with Crippen LogP contribution in [0.5, 0.6) is 5.75 Å². The quantitative estimate of drug-likeness (QED) is 0.0414. The second-order valence-corrected chi connectivity index (χ2v) is 15.9. The monoisotopic (exact) mass is 812 g/mol.